The van der Waals surface area contributed by atoms with Crippen LogP contribution >= 0.6 is 0 Å². The molecule has 0 spiro atoms. The van der Waals surface area contributed by atoms with Gasteiger partial charge in [-0.25, -0.2) is 13.6 Å². The molecule has 11 nitrogen and oxygen atoms in total. The van der Waals surface area contributed by atoms with Crippen LogP contribution in [-0.4, -0.2) is 62.4 Å². The summed E-state index contributed by atoms with van der Waals surface area (Å²) in [7, 11) is -5.29. The molecule has 3 amide bonds. The monoisotopic (exact) mass is 708 g/mol. The van der Waals surface area contributed by atoms with Crippen LogP contribution in [0.1, 0.15) is 100 Å². The topological polar surface area (TPSA) is 177 Å². The normalized spacial score (nSPS) is 22.1. The second-order valence-corrected chi connectivity index (χ2v) is 16.6. The van der Waals surface area contributed by atoms with E-state index in [0.717, 1.165) is 36.8 Å². The Morgan fingerprint density at radius 2 is 1.60 bits per heavy atom. The van der Waals surface area contributed by atoms with Crippen LogP contribution in [0.25, 0.3) is 0 Å². The van der Waals surface area contributed by atoms with E-state index in [2.05, 4.69) is 49.7 Å². The molecule has 0 radical (unpaired) electrons. The van der Waals surface area contributed by atoms with Crippen molar-refractivity contribution in [3.8, 4) is 0 Å². The Kier molecular flexibility index (Phi) is 12.4. The van der Waals surface area contributed by atoms with Gasteiger partial charge in [-0.15, -0.1) is 0 Å². The van der Waals surface area contributed by atoms with Crippen LogP contribution in [0.15, 0.2) is 65.1 Å². The predicted molar refractivity (Wildman–Crippen MR) is 194 cm³/mol. The molecule has 0 aromatic heterocycles. The van der Waals surface area contributed by atoms with Gasteiger partial charge in [0.15, 0.2) is 0 Å². The Labute approximate surface area is 297 Å². The predicted octanol–water partition coefficient (Wildman–Crippen LogP) is 4.15. The fourth-order valence-corrected chi connectivity index (χ4v) is 7.58. The summed E-state index contributed by atoms with van der Waals surface area (Å²) in [6.45, 7) is 14.3. The van der Waals surface area contributed by atoms with Crippen LogP contribution in [0.4, 0.5) is 0 Å². The van der Waals surface area contributed by atoms with Crippen molar-refractivity contribution in [2.75, 3.05) is 6.54 Å². The highest BCUT2D eigenvalue weighted by atomic mass is 32.2. The smallest absolute Gasteiger partial charge is 0.426 e. The van der Waals surface area contributed by atoms with Crippen molar-refractivity contribution in [1.82, 2.24) is 16.0 Å². The molecule has 3 aliphatic rings. The molecule has 2 bridgehead atoms. The van der Waals surface area contributed by atoms with Gasteiger partial charge in [0.25, 0.3) is 11.8 Å². The molecule has 0 heterocycles. The van der Waals surface area contributed by atoms with Crippen LogP contribution in [0.2, 0.25) is 0 Å². The Morgan fingerprint density at radius 3 is 2.16 bits per heavy atom. The van der Waals surface area contributed by atoms with E-state index in [9.17, 15) is 27.8 Å². The minimum absolute atomic E-state index is 0.0432. The zero-order chi connectivity index (χ0) is 37.0. The minimum Gasteiger partial charge on any atom is -0.426 e. The van der Waals surface area contributed by atoms with Crippen molar-refractivity contribution >= 4 is 34.9 Å². The van der Waals surface area contributed by atoms with Gasteiger partial charge in [0, 0.05) is 17.7 Å². The lowest BCUT2D eigenvalue weighted by Gasteiger charge is -2.60. The molecule has 272 valence electrons. The number of fused-ring (bicyclic) bond motifs is 2. The highest BCUT2D eigenvalue weighted by Gasteiger charge is 2.57. The molecule has 0 aliphatic heterocycles. The summed E-state index contributed by atoms with van der Waals surface area (Å²) in [4.78, 5) is 40.3. The third-order valence-electron chi connectivity index (χ3n) is 10.4. The van der Waals surface area contributed by atoms with Crippen molar-refractivity contribution in [3.05, 3.63) is 76.9 Å². The maximum Gasteiger partial charge on any atom is 0.478 e. The number of carbonyl (C=O) groups excluding carboxylic acids is 3. The van der Waals surface area contributed by atoms with Crippen molar-refractivity contribution in [1.29, 1.82) is 0 Å². The number of benzene rings is 2. The van der Waals surface area contributed by atoms with Crippen molar-refractivity contribution in [3.63, 3.8) is 0 Å². The zero-order valence-electron chi connectivity index (χ0n) is 30.3. The molecule has 13 heteroatoms. The van der Waals surface area contributed by atoms with Crippen molar-refractivity contribution < 1.29 is 32.5 Å². The first-order valence-electron chi connectivity index (χ1n) is 17.6. The molecular formula is C37H53BN4O7S. The number of hydrogen-bond acceptors (Lipinski definition) is 7. The zero-order valence-corrected chi connectivity index (χ0v) is 31.1. The molecule has 5 atom stereocenters. The number of primary sulfonamides is 1. The maximum atomic E-state index is 14.0. The van der Waals surface area contributed by atoms with E-state index in [4.69, 9.17) is 9.79 Å². The summed E-state index contributed by atoms with van der Waals surface area (Å²) >= 11 is 0. The quantitative estimate of drug-likeness (QED) is 0.129. The van der Waals surface area contributed by atoms with E-state index in [1.165, 1.54) is 24.3 Å². The molecule has 1 fully saturated rings. The first-order valence-corrected chi connectivity index (χ1v) is 19.1. The second kappa shape index (κ2) is 15.8. The van der Waals surface area contributed by atoms with Gasteiger partial charge in [-0.3, -0.25) is 14.4 Å². The van der Waals surface area contributed by atoms with E-state index in [1.54, 1.807) is 12.1 Å². The van der Waals surface area contributed by atoms with E-state index in [0.29, 0.717) is 17.9 Å². The molecule has 50 heavy (non-hydrogen) atoms. The molecule has 2 aromatic rings. The van der Waals surface area contributed by atoms with Gasteiger partial charge in [-0.1, -0.05) is 66.2 Å². The average Bonchev–Trinajstić information content (AvgIpc) is 3.05. The number of sulfonamides is 1. The van der Waals surface area contributed by atoms with E-state index in [1.807, 2.05) is 32.9 Å². The van der Waals surface area contributed by atoms with Gasteiger partial charge in [0.05, 0.1) is 16.4 Å². The van der Waals surface area contributed by atoms with Crippen LogP contribution in [0, 0.1) is 23.2 Å². The molecular weight excluding hydrogens is 655 g/mol. The second-order valence-electron chi connectivity index (χ2n) is 15.0. The van der Waals surface area contributed by atoms with E-state index < -0.39 is 52.4 Å². The fraction of sp³-hybridized carbons (Fsp3) is 0.541. The molecule has 2 aromatic carbocycles. The summed E-state index contributed by atoms with van der Waals surface area (Å²) in [5.41, 5.74) is 1.97. The lowest BCUT2D eigenvalue weighted by atomic mass is 9.48. The van der Waals surface area contributed by atoms with Gasteiger partial charge < -0.3 is 25.6 Å². The standard InChI is InChI=1S/C37H53BN4O7S/c1-8-9-10-25-11-13-27(14-12-25)34(44)41-30(22-40-33(43)26-15-17-29(18-16-26)50(39,47)48)35(45)42-32(19-23(2)3)38(46)49-37(7)24(4)20-28-21-31(37)36(28,5)6/h11-18,21,23-24,28,30,32,46H,8-10,19-20,22H2,1-7H3,(H,40,43)(H,41,44)(H,42,45)(H2,39,47,48)/t24-,28-,30+,32?,37-/m1/s1. The number of amides is 3. The minimum atomic E-state index is -3.95. The van der Waals surface area contributed by atoms with E-state index in [-0.39, 0.29) is 34.3 Å². The third-order valence-corrected chi connectivity index (χ3v) is 11.3. The maximum absolute atomic E-state index is 14.0. The van der Waals surface area contributed by atoms with Gasteiger partial charge >= 0.3 is 7.12 Å². The van der Waals surface area contributed by atoms with Crippen molar-refractivity contribution in [2.45, 2.75) is 103 Å². The number of rotatable bonds is 16. The summed E-state index contributed by atoms with van der Waals surface area (Å²) in [5, 5.41) is 25.1. The molecule has 6 N–H and O–H groups in total. The largest absolute Gasteiger partial charge is 0.478 e. The van der Waals surface area contributed by atoms with Crippen LogP contribution in [0.3, 0.4) is 0 Å². The highest BCUT2D eigenvalue weighted by molar-refractivity contribution is 7.89. The van der Waals surface area contributed by atoms with Crippen molar-refractivity contribution in [2.24, 2.45) is 28.3 Å². The first kappa shape index (κ1) is 39.3. The van der Waals surface area contributed by atoms with Gasteiger partial charge in [0.2, 0.25) is 15.9 Å². The third kappa shape index (κ3) is 9.04. The average molecular weight is 709 g/mol. The fourth-order valence-electron chi connectivity index (χ4n) is 7.06. The summed E-state index contributed by atoms with van der Waals surface area (Å²) in [6.07, 6.45) is 6.52. The molecule has 1 saturated carbocycles. The summed E-state index contributed by atoms with van der Waals surface area (Å²) in [6, 6.07) is 11.0. The molecule has 5 rings (SSSR count). The Bertz CT molecular complexity index is 1680. The number of hydrogen-bond donors (Lipinski definition) is 5. The number of unbranched alkanes of at least 4 members (excludes halogenated alkanes) is 1. The van der Waals surface area contributed by atoms with Gasteiger partial charge in [0.1, 0.15) is 6.04 Å². The Morgan fingerprint density at radius 1 is 1.00 bits per heavy atom. The number of nitrogens with one attached hydrogen (secondary N) is 3. The summed E-state index contributed by atoms with van der Waals surface area (Å²) < 4.78 is 29.8. The van der Waals surface area contributed by atoms with Crippen LogP contribution in [-0.2, 0) is 25.9 Å². The molecule has 3 aliphatic carbocycles. The Hall–Kier alpha value is -3.52. The van der Waals surface area contributed by atoms with Gasteiger partial charge in [-0.05, 0) is 103 Å². The molecule has 0 saturated heterocycles. The lowest BCUT2D eigenvalue weighted by molar-refractivity contribution is -0.123. The SMILES string of the molecule is CCCCc1ccc(C(=O)N[C@@H](CNC(=O)c2ccc(S(N)(=O)=O)cc2)C(=O)NC(CC(C)C)B(O)O[C@@]2(C)C3=C[C@@H](C[C@H]2C)C3(C)C)cc1. The number of carbonyl (C=O) groups is 3. The number of allylic oxidation sites excluding steroid dienone is 1. The van der Waals surface area contributed by atoms with Crippen LogP contribution in [0.5, 0.6) is 0 Å². The first-order chi connectivity index (χ1) is 23.4. The van der Waals surface area contributed by atoms with E-state index >= 15 is 0 Å². The number of nitrogens with two attached hydrogens (primary N) is 1. The molecule has 1 unspecified atom stereocenters. The lowest BCUT2D eigenvalue weighted by Crippen LogP contribution is -2.62. The number of aryl methyl sites for hydroxylation is 1. The van der Waals surface area contributed by atoms with Crippen LogP contribution < -0.4 is 21.1 Å². The summed E-state index contributed by atoms with van der Waals surface area (Å²) in [5.74, 6) is -1.82. The van der Waals surface area contributed by atoms with Gasteiger partial charge in [-0.2, -0.15) is 0 Å². The highest BCUT2D eigenvalue weighted by Crippen LogP contribution is 2.61. The Balaban J connectivity index is 1.53.